The fourth-order valence-corrected chi connectivity index (χ4v) is 7.13. The fourth-order valence-electron chi connectivity index (χ4n) is 7.13. The van der Waals surface area contributed by atoms with E-state index in [1.807, 2.05) is 60.7 Å². The molecule has 2 aliphatic rings. The highest BCUT2D eigenvalue weighted by Crippen LogP contribution is 2.42. The van der Waals surface area contributed by atoms with Crippen molar-refractivity contribution in [1.29, 1.82) is 0 Å². The highest BCUT2D eigenvalue weighted by atomic mass is 16.6. The molecule has 5 aromatic rings. The molecule has 5 aromatic carbocycles. The van der Waals surface area contributed by atoms with E-state index in [1.54, 1.807) is 24.3 Å². The van der Waals surface area contributed by atoms with Crippen LogP contribution in [0.3, 0.4) is 0 Å². The van der Waals surface area contributed by atoms with Crippen LogP contribution in [0.4, 0.5) is 16.2 Å². The summed E-state index contributed by atoms with van der Waals surface area (Å²) in [5.74, 6) is -0.0836. The molecule has 1 aliphatic heterocycles. The van der Waals surface area contributed by atoms with Crippen molar-refractivity contribution in [3.05, 3.63) is 133 Å². The van der Waals surface area contributed by atoms with E-state index >= 15 is 0 Å². The maximum Gasteiger partial charge on any atom is 0.411 e. The van der Waals surface area contributed by atoms with Gasteiger partial charge in [0.25, 0.3) is 0 Å². The van der Waals surface area contributed by atoms with Gasteiger partial charge in [-0.2, -0.15) is 0 Å². The van der Waals surface area contributed by atoms with E-state index in [2.05, 4.69) is 68.6 Å². The molecule has 55 heavy (non-hydrogen) atoms. The predicted octanol–water partition coefficient (Wildman–Crippen LogP) is 8.25. The Bertz CT molecular complexity index is 2060. The Kier molecular flexibility index (Phi) is 12.8. The molecule has 282 valence electrons. The van der Waals surface area contributed by atoms with Gasteiger partial charge in [0.1, 0.15) is 6.10 Å². The number of amides is 2. The van der Waals surface area contributed by atoms with Gasteiger partial charge < -0.3 is 25.6 Å². The number of nitrogens with one attached hydrogen (secondary N) is 4. The van der Waals surface area contributed by atoms with Crippen LogP contribution in [0.2, 0.25) is 0 Å². The molecule has 9 nitrogen and oxygen atoms in total. The lowest BCUT2D eigenvalue weighted by Crippen LogP contribution is -2.42. The number of carbonyl (C=O) groups excluding carboxylic acids is 3. The number of nitrogens with zero attached hydrogens (tertiary/aromatic N) is 1. The lowest BCUT2D eigenvalue weighted by Gasteiger charge is -2.31. The van der Waals surface area contributed by atoms with Crippen molar-refractivity contribution in [2.24, 2.45) is 0 Å². The van der Waals surface area contributed by atoms with Crippen molar-refractivity contribution in [3.63, 3.8) is 0 Å². The Morgan fingerprint density at radius 1 is 0.655 bits per heavy atom. The number of piperidine rings is 1. The van der Waals surface area contributed by atoms with E-state index in [4.69, 9.17) is 4.74 Å². The van der Waals surface area contributed by atoms with Crippen molar-refractivity contribution in [3.8, 4) is 33.4 Å². The lowest BCUT2D eigenvalue weighted by atomic mass is 9.88. The molecule has 2 amide bonds. The molecule has 1 saturated carbocycles. The van der Waals surface area contributed by atoms with Crippen molar-refractivity contribution in [2.45, 2.75) is 44.2 Å². The van der Waals surface area contributed by atoms with Crippen LogP contribution >= 0.6 is 0 Å². The van der Waals surface area contributed by atoms with Crippen LogP contribution in [0, 0.1) is 0 Å². The molecule has 1 saturated heterocycles. The van der Waals surface area contributed by atoms with Crippen LogP contribution in [0.5, 0.6) is 0 Å². The molecule has 0 atom stereocenters. The molecule has 4 N–H and O–H groups in total. The number of rotatable bonds is 16. The van der Waals surface area contributed by atoms with E-state index in [1.165, 1.54) is 12.8 Å². The average Bonchev–Trinajstić information content (AvgIpc) is 4.05. The van der Waals surface area contributed by atoms with Gasteiger partial charge in [-0.1, -0.05) is 109 Å². The Balaban J connectivity index is 0.895. The summed E-state index contributed by atoms with van der Waals surface area (Å²) in [7, 11) is 0. The average molecular weight is 736 g/mol. The summed E-state index contributed by atoms with van der Waals surface area (Å²) in [6, 6.07) is 42.5. The maximum absolute atomic E-state index is 13.5. The molecule has 0 aromatic heterocycles. The topological polar surface area (TPSA) is 112 Å². The largest absolute Gasteiger partial charge is 0.446 e. The predicted molar refractivity (Wildman–Crippen MR) is 220 cm³/mol. The zero-order valence-corrected chi connectivity index (χ0v) is 31.1. The number of hydrogen-bond acceptors (Lipinski definition) is 7. The van der Waals surface area contributed by atoms with Gasteiger partial charge in [-0.3, -0.25) is 14.9 Å². The Hall–Kier alpha value is -5.61. The third-order valence-corrected chi connectivity index (χ3v) is 10.2. The van der Waals surface area contributed by atoms with Crippen molar-refractivity contribution < 1.29 is 19.1 Å². The monoisotopic (exact) mass is 735 g/mol. The van der Waals surface area contributed by atoms with Gasteiger partial charge in [0, 0.05) is 62.0 Å². The van der Waals surface area contributed by atoms with Crippen LogP contribution in [-0.2, 0) is 9.53 Å². The summed E-state index contributed by atoms with van der Waals surface area (Å²) < 4.78 is 6.00. The van der Waals surface area contributed by atoms with Crippen molar-refractivity contribution in [1.82, 2.24) is 15.5 Å². The number of likely N-dealkylation sites (tertiary alicyclic amines) is 1. The quantitative estimate of drug-likeness (QED) is 0.0597. The first-order valence-electron chi connectivity index (χ1n) is 19.4. The molecule has 0 radical (unpaired) electrons. The second-order valence-corrected chi connectivity index (χ2v) is 14.3. The third-order valence-electron chi connectivity index (χ3n) is 10.2. The first-order chi connectivity index (χ1) is 27.0. The Morgan fingerprint density at radius 3 is 2.04 bits per heavy atom. The highest BCUT2D eigenvalue weighted by Gasteiger charge is 2.24. The number of hydrogen-bond donors (Lipinski definition) is 4. The number of benzene rings is 5. The van der Waals surface area contributed by atoms with Crippen LogP contribution < -0.4 is 21.3 Å². The lowest BCUT2D eigenvalue weighted by molar-refractivity contribution is -0.116. The van der Waals surface area contributed by atoms with Gasteiger partial charge in [-0.25, -0.2) is 4.79 Å². The molecular weight excluding hydrogens is 687 g/mol. The minimum absolute atomic E-state index is 0.0226. The summed E-state index contributed by atoms with van der Waals surface area (Å²) in [6.45, 7) is 3.91. The van der Waals surface area contributed by atoms with Gasteiger partial charge >= 0.3 is 6.09 Å². The van der Waals surface area contributed by atoms with E-state index in [0.717, 1.165) is 65.9 Å². The van der Waals surface area contributed by atoms with Crippen molar-refractivity contribution >= 4 is 29.2 Å². The van der Waals surface area contributed by atoms with E-state index in [9.17, 15) is 14.4 Å². The first-order valence-corrected chi connectivity index (χ1v) is 19.4. The number of ketones is 1. The molecular formula is C46H49N5O4. The van der Waals surface area contributed by atoms with Gasteiger partial charge in [-0.05, 0) is 71.7 Å². The Labute approximate surface area is 323 Å². The summed E-state index contributed by atoms with van der Waals surface area (Å²) in [6.07, 6.45) is 3.59. The fraction of sp³-hybridized carbons (Fsp3) is 0.283. The van der Waals surface area contributed by atoms with Gasteiger partial charge in [-0.15, -0.1) is 0 Å². The van der Waals surface area contributed by atoms with Gasteiger partial charge in [0.05, 0.1) is 12.2 Å². The zero-order valence-electron chi connectivity index (χ0n) is 31.1. The second-order valence-electron chi connectivity index (χ2n) is 14.3. The van der Waals surface area contributed by atoms with Crippen LogP contribution in [0.1, 0.15) is 42.5 Å². The zero-order chi connectivity index (χ0) is 37.8. The van der Waals surface area contributed by atoms with E-state index in [-0.39, 0.29) is 24.3 Å². The molecule has 1 aliphatic carbocycles. The molecule has 1 heterocycles. The van der Waals surface area contributed by atoms with E-state index in [0.29, 0.717) is 42.5 Å². The summed E-state index contributed by atoms with van der Waals surface area (Å²) in [5.41, 5.74) is 8.13. The molecule has 0 spiro atoms. The minimum Gasteiger partial charge on any atom is -0.446 e. The normalized spacial score (nSPS) is 14.6. The van der Waals surface area contributed by atoms with E-state index < -0.39 is 6.09 Å². The summed E-state index contributed by atoms with van der Waals surface area (Å²) >= 11 is 0. The molecule has 7 rings (SSSR count). The van der Waals surface area contributed by atoms with Gasteiger partial charge in [0.2, 0.25) is 5.91 Å². The van der Waals surface area contributed by atoms with Crippen LogP contribution in [0.15, 0.2) is 127 Å². The molecule has 9 heteroatoms. The smallest absolute Gasteiger partial charge is 0.411 e. The molecule has 0 bridgehead atoms. The van der Waals surface area contributed by atoms with Crippen LogP contribution in [0.25, 0.3) is 33.4 Å². The summed E-state index contributed by atoms with van der Waals surface area (Å²) in [5, 5.41) is 12.6. The Morgan fingerprint density at radius 2 is 1.31 bits per heavy atom. The molecule has 0 unspecified atom stereocenters. The molecule has 2 fully saturated rings. The minimum atomic E-state index is -0.462. The SMILES string of the molecule is O=C(CCNC1CC1)Nc1cccc(C(=O)CNCCN2CCC(OC(=O)Nc3cccc(-c4ccccc4)c3-c3ccccc3-c3ccccc3)CC2)c1. The van der Waals surface area contributed by atoms with Crippen molar-refractivity contribution in [2.75, 3.05) is 49.9 Å². The number of carbonyl (C=O) groups is 3. The highest BCUT2D eigenvalue weighted by molar-refractivity contribution is 6.02. The summed E-state index contributed by atoms with van der Waals surface area (Å²) in [4.78, 5) is 41.0. The number of anilines is 2. The number of ether oxygens (including phenoxy) is 1. The van der Waals surface area contributed by atoms with Crippen LogP contribution in [-0.4, -0.2) is 74.1 Å². The second kappa shape index (κ2) is 18.6. The number of Topliss-reactive ketones (excluding diaryl/α,β-unsaturated/α-hetero) is 1. The standard InChI is InChI=1S/C46H49N5O4/c52-43(35-15-9-16-37(31-35)49-44(53)23-26-48-36-21-22-36)32-47-27-30-51-28-24-38(25-29-51)55-46(54)50-42-20-10-19-40(34-13-5-2-6-14-34)45(42)41-18-8-7-17-39(41)33-11-3-1-4-12-33/h1-20,31,36,38,47-48H,21-30,32H2,(H,49,53)(H,50,54). The maximum atomic E-state index is 13.5. The third kappa shape index (κ3) is 10.5. The van der Waals surface area contributed by atoms with Gasteiger partial charge in [0.15, 0.2) is 5.78 Å². The first kappa shape index (κ1) is 37.7.